The van der Waals surface area contributed by atoms with Crippen LogP contribution < -0.4 is 9.47 Å². The molecule has 0 spiro atoms. The van der Waals surface area contributed by atoms with Gasteiger partial charge in [-0.05, 0) is 48.4 Å². The summed E-state index contributed by atoms with van der Waals surface area (Å²) in [4.78, 5) is 24.2. The molecule has 1 aliphatic rings. The van der Waals surface area contributed by atoms with Crippen LogP contribution in [0.3, 0.4) is 0 Å². The topological polar surface area (TPSA) is 71.1 Å². The highest BCUT2D eigenvalue weighted by Gasteiger charge is 2.38. The van der Waals surface area contributed by atoms with Gasteiger partial charge in [-0.15, -0.1) is 0 Å². The van der Waals surface area contributed by atoms with E-state index in [0.717, 1.165) is 0 Å². The maximum absolute atomic E-state index is 13.3. The van der Waals surface area contributed by atoms with E-state index in [9.17, 15) is 14.0 Å². The van der Waals surface area contributed by atoms with Crippen molar-refractivity contribution in [3.8, 4) is 11.5 Å². The molecule has 0 atom stereocenters. The summed E-state index contributed by atoms with van der Waals surface area (Å²) >= 11 is 0. The predicted octanol–water partition coefficient (Wildman–Crippen LogP) is 4.02. The number of cyclic esters (lactones) is 2. The largest absolute Gasteiger partial charge is 0.490 e. The van der Waals surface area contributed by atoms with Crippen LogP contribution in [0, 0.1) is 5.82 Å². The van der Waals surface area contributed by atoms with Crippen LogP contribution in [0.25, 0.3) is 6.08 Å². The van der Waals surface area contributed by atoms with Crippen LogP contribution >= 0.6 is 0 Å². The number of hydrogen-bond acceptors (Lipinski definition) is 6. The molecule has 152 valence electrons. The van der Waals surface area contributed by atoms with Crippen LogP contribution in [0.1, 0.15) is 31.9 Å². The molecule has 0 saturated carbocycles. The second-order valence-corrected chi connectivity index (χ2v) is 6.79. The van der Waals surface area contributed by atoms with Gasteiger partial charge in [-0.2, -0.15) is 0 Å². The van der Waals surface area contributed by atoms with Gasteiger partial charge in [0.1, 0.15) is 18.0 Å². The van der Waals surface area contributed by atoms with Gasteiger partial charge in [0, 0.05) is 13.8 Å². The highest BCUT2D eigenvalue weighted by molar-refractivity contribution is 6.18. The number of benzene rings is 2. The molecule has 2 aromatic rings. The molecule has 6 nitrogen and oxygen atoms in total. The molecule has 0 aromatic heterocycles. The predicted molar refractivity (Wildman–Crippen MR) is 103 cm³/mol. The quantitative estimate of drug-likeness (QED) is 0.414. The number of halogens is 1. The van der Waals surface area contributed by atoms with Crippen molar-refractivity contribution in [3.63, 3.8) is 0 Å². The second-order valence-electron chi connectivity index (χ2n) is 6.79. The SMILES string of the molecule is CCOc1cc(C=C2C(=O)OC(C)(C)OC2=O)ccc1OCc1cccc(F)c1. The molecule has 0 amide bonds. The van der Waals surface area contributed by atoms with Crippen molar-refractivity contribution in [1.82, 2.24) is 0 Å². The van der Waals surface area contributed by atoms with Crippen LogP contribution in [0.2, 0.25) is 0 Å². The standard InChI is InChI=1S/C22H21FO6/c1-4-26-19-12-14(11-17-20(24)28-22(2,3)29-21(17)25)8-9-18(19)27-13-15-6-5-7-16(23)10-15/h5-12H,4,13H2,1-3H3. The lowest BCUT2D eigenvalue weighted by molar-refractivity contribution is -0.222. The molecule has 1 fully saturated rings. The molecule has 0 N–H and O–H groups in total. The van der Waals surface area contributed by atoms with Gasteiger partial charge >= 0.3 is 11.9 Å². The first-order valence-electron chi connectivity index (χ1n) is 9.10. The molecule has 2 aromatic carbocycles. The average molecular weight is 400 g/mol. The van der Waals surface area contributed by atoms with Crippen molar-refractivity contribution in [3.05, 3.63) is 65.0 Å². The minimum absolute atomic E-state index is 0.159. The third-order valence-electron chi connectivity index (χ3n) is 3.98. The summed E-state index contributed by atoms with van der Waals surface area (Å²) in [6.07, 6.45) is 1.37. The second kappa shape index (κ2) is 8.34. The fourth-order valence-corrected chi connectivity index (χ4v) is 2.73. The van der Waals surface area contributed by atoms with Crippen LogP contribution in [0.4, 0.5) is 4.39 Å². The zero-order valence-electron chi connectivity index (χ0n) is 16.4. The van der Waals surface area contributed by atoms with Gasteiger partial charge in [0.25, 0.3) is 5.79 Å². The van der Waals surface area contributed by atoms with Crippen molar-refractivity contribution < 1.29 is 32.9 Å². The number of carbonyl (C=O) groups is 2. The Morgan fingerprint density at radius 2 is 1.72 bits per heavy atom. The van der Waals surface area contributed by atoms with Crippen LogP contribution in [-0.4, -0.2) is 24.3 Å². The van der Waals surface area contributed by atoms with E-state index in [4.69, 9.17) is 18.9 Å². The van der Waals surface area contributed by atoms with E-state index in [-0.39, 0.29) is 18.0 Å². The maximum atomic E-state index is 13.3. The van der Waals surface area contributed by atoms with Crippen molar-refractivity contribution >= 4 is 18.0 Å². The molecule has 3 rings (SSSR count). The Kier molecular flexibility index (Phi) is 5.87. The van der Waals surface area contributed by atoms with Crippen molar-refractivity contribution in [2.24, 2.45) is 0 Å². The summed E-state index contributed by atoms with van der Waals surface area (Å²) in [6, 6.07) is 11.1. The summed E-state index contributed by atoms with van der Waals surface area (Å²) in [5.74, 6) is -2.26. The normalized spacial score (nSPS) is 15.4. The summed E-state index contributed by atoms with van der Waals surface area (Å²) in [6.45, 7) is 5.33. The monoisotopic (exact) mass is 400 g/mol. The Bertz CT molecular complexity index is 942. The first kappa shape index (κ1) is 20.4. The summed E-state index contributed by atoms with van der Waals surface area (Å²) in [7, 11) is 0. The third kappa shape index (κ3) is 5.13. The molecule has 0 aliphatic carbocycles. The Balaban J connectivity index is 1.82. The number of rotatable bonds is 6. The first-order chi connectivity index (χ1) is 13.8. The molecule has 1 saturated heterocycles. The van der Waals surface area contributed by atoms with E-state index in [0.29, 0.717) is 29.2 Å². The third-order valence-corrected chi connectivity index (χ3v) is 3.98. The molecule has 0 radical (unpaired) electrons. The molecule has 29 heavy (non-hydrogen) atoms. The van der Waals surface area contributed by atoms with Crippen LogP contribution in [-0.2, 0) is 25.7 Å². The van der Waals surface area contributed by atoms with Gasteiger partial charge in [0.15, 0.2) is 11.5 Å². The molecular formula is C22H21FO6. The lowest BCUT2D eigenvalue weighted by Gasteiger charge is -2.29. The Hall–Kier alpha value is -3.35. The highest BCUT2D eigenvalue weighted by atomic mass is 19.1. The molecule has 1 heterocycles. The fraction of sp³-hybridized carbons (Fsp3) is 0.273. The van der Waals surface area contributed by atoms with Crippen molar-refractivity contribution in [2.45, 2.75) is 33.2 Å². The highest BCUT2D eigenvalue weighted by Crippen LogP contribution is 2.31. The van der Waals surface area contributed by atoms with E-state index in [1.165, 1.54) is 32.1 Å². The van der Waals surface area contributed by atoms with E-state index in [2.05, 4.69) is 0 Å². The minimum atomic E-state index is -1.30. The Labute approximate surface area is 167 Å². The Morgan fingerprint density at radius 1 is 1.00 bits per heavy atom. The maximum Gasteiger partial charge on any atom is 0.348 e. The minimum Gasteiger partial charge on any atom is -0.490 e. The first-order valence-corrected chi connectivity index (χ1v) is 9.10. The van der Waals surface area contributed by atoms with E-state index >= 15 is 0 Å². The lowest BCUT2D eigenvalue weighted by atomic mass is 10.1. The molecule has 1 aliphatic heterocycles. The van der Waals surface area contributed by atoms with Gasteiger partial charge in [0.2, 0.25) is 0 Å². The molecule has 0 unspecified atom stereocenters. The molecule has 0 bridgehead atoms. The van der Waals surface area contributed by atoms with Crippen molar-refractivity contribution in [2.75, 3.05) is 6.61 Å². The fourth-order valence-electron chi connectivity index (χ4n) is 2.73. The molecule has 7 heteroatoms. The van der Waals surface area contributed by atoms with Gasteiger partial charge in [0.05, 0.1) is 6.61 Å². The summed E-state index contributed by atoms with van der Waals surface area (Å²) in [5.41, 5.74) is 1.00. The smallest absolute Gasteiger partial charge is 0.348 e. The average Bonchev–Trinajstić information content (AvgIpc) is 2.63. The van der Waals surface area contributed by atoms with E-state index in [1.807, 2.05) is 6.92 Å². The number of carbonyl (C=O) groups excluding carboxylic acids is 2. The van der Waals surface area contributed by atoms with E-state index < -0.39 is 17.7 Å². The number of ether oxygens (including phenoxy) is 4. The number of esters is 2. The zero-order valence-corrected chi connectivity index (χ0v) is 16.4. The van der Waals surface area contributed by atoms with Gasteiger partial charge in [-0.25, -0.2) is 14.0 Å². The molecular weight excluding hydrogens is 379 g/mol. The van der Waals surface area contributed by atoms with Crippen molar-refractivity contribution in [1.29, 1.82) is 0 Å². The van der Waals surface area contributed by atoms with Crippen LogP contribution in [0.5, 0.6) is 11.5 Å². The van der Waals surface area contributed by atoms with Gasteiger partial charge < -0.3 is 18.9 Å². The lowest BCUT2D eigenvalue weighted by Crippen LogP contribution is -2.41. The zero-order chi connectivity index (χ0) is 21.0. The summed E-state index contributed by atoms with van der Waals surface area (Å²) in [5, 5.41) is 0. The van der Waals surface area contributed by atoms with Gasteiger partial charge in [-0.1, -0.05) is 18.2 Å². The Morgan fingerprint density at radius 3 is 2.38 bits per heavy atom. The summed E-state index contributed by atoms with van der Waals surface area (Å²) < 4.78 is 34.9. The number of hydrogen-bond donors (Lipinski definition) is 0. The van der Waals surface area contributed by atoms with Crippen LogP contribution in [0.15, 0.2) is 48.0 Å². The van der Waals surface area contributed by atoms with E-state index in [1.54, 1.807) is 30.3 Å². The van der Waals surface area contributed by atoms with Gasteiger partial charge in [-0.3, -0.25) is 0 Å².